The molecule has 7 nitrogen and oxygen atoms in total. The highest BCUT2D eigenvalue weighted by atomic mass is 32.2. The van der Waals surface area contributed by atoms with E-state index in [4.69, 9.17) is 0 Å². The molecule has 0 saturated heterocycles. The highest BCUT2D eigenvalue weighted by molar-refractivity contribution is 7.89. The summed E-state index contributed by atoms with van der Waals surface area (Å²) in [4.78, 5) is 17.1. The fourth-order valence-electron chi connectivity index (χ4n) is 3.78. The molecule has 1 saturated carbocycles. The normalized spacial score (nSPS) is 18.0. The molecule has 2 N–H and O–H groups in total. The number of carbonyl (C=O) groups is 1. The summed E-state index contributed by atoms with van der Waals surface area (Å²) in [5.74, 6) is 0. The summed E-state index contributed by atoms with van der Waals surface area (Å²) >= 11 is 1.20. The number of hydrogen-bond donors (Lipinski definition) is 2. The van der Waals surface area contributed by atoms with Crippen molar-refractivity contribution in [2.24, 2.45) is 0 Å². The van der Waals surface area contributed by atoms with Gasteiger partial charge in [-0.1, -0.05) is 24.2 Å². The Morgan fingerprint density at radius 2 is 1.84 bits per heavy atom. The molecule has 12 heteroatoms. The van der Waals surface area contributed by atoms with Gasteiger partial charge in [-0.15, -0.1) is 0 Å². The zero-order chi connectivity index (χ0) is 22.2. The van der Waals surface area contributed by atoms with Crippen LogP contribution in [0.4, 0.5) is 23.1 Å². The van der Waals surface area contributed by atoms with E-state index in [2.05, 4.69) is 15.6 Å². The van der Waals surface area contributed by atoms with Crippen LogP contribution in [0.5, 0.6) is 0 Å². The summed E-state index contributed by atoms with van der Waals surface area (Å²) < 4.78 is 65.2. The van der Waals surface area contributed by atoms with E-state index in [0.717, 1.165) is 55.6 Å². The smallest absolute Gasteiger partial charge is 0.335 e. The van der Waals surface area contributed by atoms with Crippen LogP contribution in [-0.4, -0.2) is 36.3 Å². The first-order valence-electron chi connectivity index (χ1n) is 9.86. The van der Waals surface area contributed by atoms with Crippen molar-refractivity contribution in [2.75, 3.05) is 11.9 Å². The number of benzene rings is 1. The number of anilines is 1. The number of rotatable bonds is 4. The molecule has 168 valence electrons. The Labute approximate surface area is 181 Å². The molecule has 1 aliphatic heterocycles. The molecule has 1 aromatic carbocycles. The number of urea groups is 1. The van der Waals surface area contributed by atoms with E-state index in [1.165, 1.54) is 15.6 Å². The fraction of sp³-hybridized carbons (Fsp3) is 0.474. The minimum atomic E-state index is -4.53. The number of amides is 2. The monoisotopic (exact) mass is 474 g/mol. The second kappa shape index (κ2) is 8.40. The van der Waals surface area contributed by atoms with Crippen LogP contribution in [0.3, 0.4) is 0 Å². The Bertz CT molecular complexity index is 1060. The second-order valence-electron chi connectivity index (χ2n) is 7.58. The van der Waals surface area contributed by atoms with Gasteiger partial charge in [0, 0.05) is 23.9 Å². The highest BCUT2D eigenvalue weighted by Crippen LogP contribution is 2.33. The quantitative estimate of drug-likeness (QED) is 0.702. The van der Waals surface area contributed by atoms with E-state index in [9.17, 15) is 26.4 Å². The van der Waals surface area contributed by atoms with Crippen LogP contribution in [0.1, 0.15) is 41.8 Å². The number of hydrogen-bond acceptors (Lipinski definition) is 5. The molecule has 0 unspecified atom stereocenters. The van der Waals surface area contributed by atoms with Gasteiger partial charge in [0.2, 0.25) is 10.0 Å². The summed E-state index contributed by atoms with van der Waals surface area (Å²) in [5.41, 5.74) is -0.179. The van der Waals surface area contributed by atoms with Crippen molar-refractivity contribution in [3.05, 3.63) is 40.4 Å². The summed E-state index contributed by atoms with van der Waals surface area (Å²) in [6, 6.07) is 3.31. The molecule has 1 aromatic heterocycles. The molecule has 2 amide bonds. The maximum atomic E-state index is 12.9. The number of sulfonamides is 1. The first-order valence-corrected chi connectivity index (χ1v) is 12.1. The number of halogens is 3. The fourth-order valence-corrected chi connectivity index (χ4v) is 6.29. The largest absolute Gasteiger partial charge is 0.416 e. The third-order valence-electron chi connectivity index (χ3n) is 5.43. The highest BCUT2D eigenvalue weighted by Gasteiger charge is 2.33. The van der Waals surface area contributed by atoms with Gasteiger partial charge in [0.15, 0.2) is 5.13 Å². The molecule has 2 aliphatic rings. The van der Waals surface area contributed by atoms with Gasteiger partial charge in [-0.25, -0.2) is 18.2 Å². The number of aromatic nitrogens is 1. The zero-order valence-electron chi connectivity index (χ0n) is 16.4. The average Bonchev–Trinajstić information content (AvgIpc) is 3.35. The van der Waals surface area contributed by atoms with Crippen LogP contribution >= 0.6 is 11.3 Å². The van der Waals surface area contributed by atoms with E-state index >= 15 is 0 Å². The van der Waals surface area contributed by atoms with Crippen molar-refractivity contribution in [3.63, 3.8) is 0 Å². The lowest BCUT2D eigenvalue weighted by atomic mass is 10.2. The molecule has 31 heavy (non-hydrogen) atoms. The van der Waals surface area contributed by atoms with Gasteiger partial charge >= 0.3 is 12.2 Å². The number of carbonyl (C=O) groups excluding carboxylic acids is 1. The van der Waals surface area contributed by atoms with Crippen LogP contribution in [0, 0.1) is 0 Å². The summed E-state index contributed by atoms with van der Waals surface area (Å²) in [6.45, 7) is 0.218. The van der Waals surface area contributed by atoms with Gasteiger partial charge in [-0.05, 0) is 37.1 Å². The number of nitrogens with one attached hydrogen (secondary N) is 2. The molecule has 1 fully saturated rings. The summed E-state index contributed by atoms with van der Waals surface area (Å²) in [7, 11) is -3.95. The molecular weight excluding hydrogens is 453 g/mol. The third-order valence-corrected chi connectivity index (χ3v) is 8.28. The lowest BCUT2D eigenvalue weighted by molar-refractivity contribution is -0.137. The number of fused-ring (bicyclic) bond motifs is 1. The van der Waals surface area contributed by atoms with Crippen molar-refractivity contribution in [3.8, 4) is 0 Å². The molecule has 2 heterocycles. The van der Waals surface area contributed by atoms with Crippen LogP contribution in [-0.2, 0) is 29.2 Å². The molecule has 1 aliphatic carbocycles. The molecule has 2 aromatic rings. The lowest BCUT2D eigenvalue weighted by Gasteiger charge is -2.25. The predicted molar refractivity (Wildman–Crippen MR) is 109 cm³/mol. The Hall–Kier alpha value is -2.18. The second-order valence-corrected chi connectivity index (χ2v) is 10.6. The minimum Gasteiger partial charge on any atom is -0.335 e. The van der Waals surface area contributed by atoms with E-state index in [0.29, 0.717) is 16.4 Å². The van der Waals surface area contributed by atoms with Gasteiger partial charge in [0.25, 0.3) is 0 Å². The average molecular weight is 475 g/mol. The molecule has 4 rings (SSSR count). The minimum absolute atomic E-state index is 0.0578. The van der Waals surface area contributed by atoms with E-state index in [-0.39, 0.29) is 30.1 Å². The molecule has 0 spiro atoms. The van der Waals surface area contributed by atoms with Crippen molar-refractivity contribution < 1.29 is 26.4 Å². The van der Waals surface area contributed by atoms with Crippen molar-refractivity contribution >= 4 is 32.5 Å². The maximum absolute atomic E-state index is 12.9. The van der Waals surface area contributed by atoms with Crippen LogP contribution in [0.15, 0.2) is 29.2 Å². The van der Waals surface area contributed by atoms with Crippen LogP contribution in [0.2, 0.25) is 0 Å². The summed E-state index contributed by atoms with van der Waals surface area (Å²) in [6.07, 6.45) is -0.0629. The van der Waals surface area contributed by atoms with Crippen LogP contribution < -0.4 is 10.6 Å². The van der Waals surface area contributed by atoms with Gasteiger partial charge in [0.05, 0.1) is 22.7 Å². The van der Waals surface area contributed by atoms with Crippen molar-refractivity contribution in [1.82, 2.24) is 14.6 Å². The Balaban J connectivity index is 1.44. The predicted octanol–water partition coefficient (Wildman–Crippen LogP) is 3.97. The van der Waals surface area contributed by atoms with Crippen molar-refractivity contribution in [2.45, 2.75) is 55.8 Å². The lowest BCUT2D eigenvalue weighted by Crippen LogP contribution is -2.36. The van der Waals surface area contributed by atoms with Gasteiger partial charge in [-0.2, -0.15) is 17.5 Å². The van der Waals surface area contributed by atoms with E-state index < -0.39 is 21.8 Å². The van der Waals surface area contributed by atoms with Gasteiger partial charge in [0.1, 0.15) is 0 Å². The standard InChI is InChI=1S/C19H21F3N4O3S2/c20-19(21,22)12-5-7-14(8-6-12)31(28,29)26-10-9-15-16(11-26)30-18(24-15)25-17(27)23-13-3-1-2-4-13/h5-8,13H,1-4,9-11H2,(H2,23,24,25,27). The number of alkyl halides is 3. The number of thiazole rings is 1. The van der Waals surface area contributed by atoms with Crippen molar-refractivity contribution in [1.29, 1.82) is 0 Å². The SMILES string of the molecule is O=C(Nc1nc2c(s1)CN(S(=O)(=O)c1ccc(C(F)(F)F)cc1)CC2)NC1CCCC1. The summed E-state index contributed by atoms with van der Waals surface area (Å²) in [5, 5.41) is 6.02. The molecule has 0 bridgehead atoms. The van der Waals surface area contributed by atoms with Gasteiger partial charge in [-0.3, -0.25) is 5.32 Å². The molecule has 0 radical (unpaired) electrons. The first-order chi connectivity index (χ1) is 14.6. The van der Waals surface area contributed by atoms with Gasteiger partial charge < -0.3 is 5.32 Å². The molecular formula is C19H21F3N4O3S2. The van der Waals surface area contributed by atoms with Crippen LogP contribution in [0.25, 0.3) is 0 Å². The maximum Gasteiger partial charge on any atom is 0.416 e. The third kappa shape index (κ3) is 4.85. The Morgan fingerprint density at radius 3 is 2.48 bits per heavy atom. The Morgan fingerprint density at radius 1 is 1.16 bits per heavy atom. The topological polar surface area (TPSA) is 91.4 Å². The van der Waals surface area contributed by atoms with E-state index in [1.807, 2.05) is 0 Å². The van der Waals surface area contributed by atoms with E-state index in [1.54, 1.807) is 0 Å². The molecule has 0 atom stereocenters. The Kier molecular flexibility index (Phi) is 5.97. The zero-order valence-corrected chi connectivity index (χ0v) is 18.0. The first kappa shape index (κ1) is 22.0. The number of nitrogens with zero attached hydrogens (tertiary/aromatic N) is 2.